The molecular formula is C7H11N5OS2. The molecule has 0 radical (unpaired) electrons. The summed E-state index contributed by atoms with van der Waals surface area (Å²) < 4.78 is 0.480. The molecule has 1 saturated heterocycles. The Morgan fingerprint density at radius 2 is 2.40 bits per heavy atom. The number of nitrogens with one attached hydrogen (secondary N) is 3. The molecule has 15 heavy (non-hydrogen) atoms. The van der Waals surface area contributed by atoms with Crippen LogP contribution in [0.1, 0.15) is 0 Å². The minimum Gasteiger partial charge on any atom is -0.336 e. The number of thioether (sulfide) groups is 2. The third kappa shape index (κ3) is 3.31. The van der Waals surface area contributed by atoms with Crippen LogP contribution < -0.4 is 10.6 Å². The van der Waals surface area contributed by atoms with Gasteiger partial charge < -0.3 is 5.32 Å². The molecule has 3 N–H and O–H groups in total. The highest BCUT2D eigenvalue weighted by Gasteiger charge is 2.16. The molecule has 8 heteroatoms. The monoisotopic (exact) mass is 245 g/mol. The molecule has 6 nitrogen and oxygen atoms in total. The highest BCUT2D eigenvalue weighted by atomic mass is 32.2. The number of anilines is 1. The number of hydrogen-bond acceptors (Lipinski definition) is 5. The second-order valence-electron chi connectivity index (χ2n) is 2.86. The summed E-state index contributed by atoms with van der Waals surface area (Å²) in [7, 11) is 0. The maximum Gasteiger partial charge on any atom is 0.320 e. The zero-order valence-electron chi connectivity index (χ0n) is 7.90. The Morgan fingerprint density at radius 1 is 1.60 bits per heavy atom. The normalized spacial score (nSPS) is 16.5. The highest BCUT2D eigenvalue weighted by molar-refractivity contribution is 8.20. The van der Waals surface area contributed by atoms with E-state index in [2.05, 4.69) is 26.0 Å². The van der Waals surface area contributed by atoms with Gasteiger partial charge in [0.1, 0.15) is 0 Å². The molecule has 2 rings (SSSR count). The first-order valence-electron chi connectivity index (χ1n) is 4.48. The average Bonchev–Trinajstić information content (AvgIpc) is 2.86. The van der Waals surface area contributed by atoms with Gasteiger partial charge in [-0.15, -0.1) is 28.6 Å². The van der Waals surface area contributed by atoms with Crippen LogP contribution in [0.4, 0.5) is 10.6 Å². The van der Waals surface area contributed by atoms with Crippen LogP contribution in [0.25, 0.3) is 0 Å². The SMILES string of the molecule is O=C(NCC1SCCS1)Nc1cn[nH]n1. The maximum atomic E-state index is 11.3. The van der Waals surface area contributed by atoms with Gasteiger partial charge in [0.15, 0.2) is 5.82 Å². The Balaban J connectivity index is 1.68. The fourth-order valence-corrected chi connectivity index (χ4v) is 3.78. The molecule has 1 aromatic heterocycles. The lowest BCUT2D eigenvalue weighted by molar-refractivity contribution is 0.252. The first kappa shape index (κ1) is 10.6. The molecule has 0 saturated carbocycles. The van der Waals surface area contributed by atoms with Gasteiger partial charge in [-0.3, -0.25) is 5.32 Å². The van der Waals surface area contributed by atoms with Crippen LogP contribution in [0, 0.1) is 0 Å². The first-order chi connectivity index (χ1) is 7.34. The quantitative estimate of drug-likeness (QED) is 0.731. The molecule has 2 heterocycles. The van der Waals surface area contributed by atoms with Crippen LogP contribution >= 0.6 is 23.5 Å². The van der Waals surface area contributed by atoms with Crippen LogP contribution in [0.5, 0.6) is 0 Å². The van der Waals surface area contributed by atoms with E-state index in [1.807, 2.05) is 23.5 Å². The largest absolute Gasteiger partial charge is 0.336 e. The lowest BCUT2D eigenvalue weighted by Crippen LogP contribution is -2.32. The summed E-state index contributed by atoms with van der Waals surface area (Å²) in [5.74, 6) is 2.77. The molecule has 0 spiro atoms. The first-order valence-corrected chi connectivity index (χ1v) is 6.58. The number of nitrogens with zero attached hydrogens (tertiary/aromatic N) is 2. The van der Waals surface area contributed by atoms with Gasteiger partial charge in [-0.25, -0.2) is 4.79 Å². The summed E-state index contributed by atoms with van der Waals surface area (Å²) in [4.78, 5) is 11.3. The summed E-state index contributed by atoms with van der Waals surface area (Å²) in [6.07, 6.45) is 1.46. The smallest absolute Gasteiger partial charge is 0.320 e. The van der Waals surface area contributed by atoms with Crippen LogP contribution in [0.15, 0.2) is 6.20 Å². The molecule has 0 unspecified atom stereocenters. The third-order valence-electron chi connectivity index (χ3n) is 1.78. The minimum absolute atomic E-state index is 0.239. The van der Waals surface area contributed by atoms with Gasteiger partial charge in [-0.2, -0.15) is 10.3 Å². The molecule has 1 aliphatic rings. The number of H-pyrrole nitrogens is 1. The fourth-order valence-electron chi connectivity index (χ4n) is 1.12. The van der Waals surface area contributed by atoms with Crippen molar-refractivity contribution in [1.82, 2.24) is 20.7 Å². The molecule has 82 valence electrons. The Labute approximate surface area is 95.3 Å². The van der Waals surface area contributed by atoms with E-state index in [0.29, 0.717) is 16.9 Å². The number of urea groups is 1. The van der Waals surface area contributed by atoms with E-state index in [0.717, 1.165) is 0 Å². The van der Waals surface area contributed by atoms with Crippen LogP contribution in [0.3, 0.4) is 0 Å². The van der Waals surface area contributed by atoms with Crippen molar-refractivity contribution in [3.63, 3.8) is 0 Å². The van der Waals surface area contributed by atoms with E-state index in [1.165, 1.54) is 17.7 Å². The van der Waals surface area contributed by atoms with E-state index in [9.17, 15) is 4.79 Å². The maximum absolute atomic E-state index is 11.3. The number of aromatic nitrogens is 3. The number of carbonyl (C=O) groups is 1. The van der Waals surface area contributed by atoms with E-state index < -0.39 is 0 Å². The van der Waals surface area contributed by atoms with Gasteiger partial charge in [0.05, 0.1) is 10.8 Å². The summed E-state index contributed by atoms with van der Waals surface area (Å²) >= 11 is 3.76. The Hall–Kier alpha value is -0.890. The standard InChI is InChI=1S/C7H11N5OS2/c13-7(10-5-3-9-12-11-5)8-4-6-14-1-2-15-6/h3,6H,1-2,4H2,(H3,8,9,10,11,12,13). The van der Waals surface area contributed by atoms with Crippen molar-refractivity contribution in [2.24, 2.45) is 0 Å². The van der Waals surface area contributed by atoms with E-state index in [1.54, 1.807) is 0 Å². The van der Waals surface area contributed by atoms with Crippen molar-refractivity contribution in [1.29, 1.82) is 0 Å². The van der Waals surface area contributed by atoms with E-state index in [-0.39, 0.29) is 6.03 Å². The predicted molar refractivity (Wildman–Crippen MR) is 62.1 cm³/mol. The van der Waals surface area contributed by atoms with Gasteiger partial charge in [-0.1, -0.05) is 0 Å². The lowest BCUT2D eigenvalue weighted by atomic mass is 10.7. The number of aromatic amines is 1. The van der Waals surface area contributed by atoms with Gasteiger partial charge in [0.25, 0.3) is 0 Å². The molecule has 0 bridgehead atoms. The summed E-state index contributed by atoms with van der Waals surface area (Å²) in [6.45, 7) is 0.680. The molecule has 1 aliphatic heterocycles. The van der Waals surface area contributed by atoms with Crippen molar-refractivity contribution in [2.45, 2.75) is 4.58 Å². The van der Waals surface area contributed by atoms with E-state index in [4.69, 9.17) is 0 Å². The summed E-state index contributed by atoms with van der Waals surface area (Å²) in [5.41, 5.74) is 0. The average molecular weight is 245 g/mol. The topological polar surface area (TPSA) is 82.7 Å². The molecule has 0 atom stereocenters. The van der Waals surface area contributed by atoms with Crippen molar-refractivity contribution in [3.8, 4) is 0 Å². The minimum atomic E-state index is -0.239. The number of carbonyl (C=O) groups excluding carboxylic acids is 1. The lowest BCUT2D eigenvalue weighted by Gasteiger charge is -2.09. The molecule has 0 aromatic carbocycles. The number of rotatable bonds is 3. The van der Waals surface area contributed by atoms with Gasteiger partial charge >= 0.3 is 6.03 Å². The van der Waals surface area contributed by atoms with Gasteiger partial charge in [-0.05, 0) is 0 Å². The molecular weight excluding hydrogens is 234 g/mol. The number of hydrogen-bond donors (Lipinski definition) is 3. The van der Waals surface area contributed by atoms with Gasteiger partial charge in [0.2, 0.25) is 0 Å². The van der Waals surface area contributed by atoms with Crippen LogP contribution in [-0.2, 0) is 0 Å². The second-order valence-corrected chi connectivity index (χ2v) is 5.78. The van der Waals surface area contributed by atoms with Crippen LogP contribution in [0.2, 0.25) is 0 Å². The Morgan fingerprint density at radius 3 is 3.07 bits per heavy atom. The van der Waals surface area contributed by atoms with Crippen molar-refractivity contribution in [2.75, 3.05) is 23.4 Å². The van der Waals surface area contributed by atoms with Crippen LogP contribution in [-0.4, -0.2) is 44.1 Å². The highest BCUT2D eigenvalue weighted by Crippen LogP contribution is 2.30. The van der Waals surface area contributed by atoms with Crippen molar-refractivity contribution < 1.29 is 4.79 Å². The summed E-state index contributed by atoms with van der Waals surface area (Å²) in [6, 6.07) is -0.239. The molecule has 0 aliphatic carbocycles. The predicted octanol–water partition coefficient (Wildman–Crippen LogP) is 0.732. The second kappa shape index (κ2) is 5.26. The van der Waals surface area contributed by atoms with Crippen molar-refractivity contribution >= 4 is 35.4 Å². The third-order valence-corrected chi connectivity index (χ3v) is 4.81. The molecule has 2 amide bonds. The Bertz CT molecular complexity index is 311. The fraction of sp³-hybridized carbons (Fsp3) is 0.571. The van der Waals surface area contributed by atoms with Gasteiger partial charge in [0, 0.05) is 18.1 Å². The zero-order valence-corrected chi connectivity index (χ0v) is 9.53. The van der Waals surface area contributed by atoms with E-state index >= 15 is 0 Å². The number of amides is 2. The molecule has 1 aromatic rings. The van der Waals surface area contributed by atoms with Crippen molar-refractivity contribution in [3.05, 3.63) is 6.20 Å². The molecule has 1 fully saturated rings. The summed E-state index contributed by atoms with van der Waals surface area (Å²) in [5, 5.41) is 15.1. The zero-order chi connectivity index (χ0) is 10.5. The Kier molecular flexibility index (Phi) is 3.73.